The quantitative estimate of drug-likeness (QED) is 0.557. The fourth-order valence-electron chi connectivity index (χ4n) is 1.42. The van der Waals surface area contributed by atoms with E-state index in [9.17, 15) is 5.11 Å². The molecule has 0 aliphatic carbocycles. The van der Waals surface area contributed by atoms with Gasteiger partial charge in [0.2, 0.25) is 0 Å². The molecule has 0 bridgehead atoms. The van der Waals surface area contributed by atoms with Gasteiger partial charge in [-0.15, -0.1) is 0 Å². The lowest BCUT2D eigenvalue weighted by Crippen LogP contribution is -2.27. The Morgan fingerprint density at radius 3 is 1.90 bits per heavy atom. The summed E-state index contributed by atoms with van der Waals surface area (Å²) < 4.78 is 10.2. The lowest BCUT2D eigenvalue weighted by atomic mass is 9.97. The topological polar surface area (TPSA) is 45.3 Å². The van der Waals surface area contributed by atoms with Crippen molar-refractivity contribution in [2.45, 2.75) is 25.2 Å². The zero-order chi connectivity index (χ0) is 7.14. The molecule has 58 valence electrons. The summed E-state index contributed by atoms with van der Waals surface area (Å²) in [4.78, 5) is 0. The summed E-state index contributed by atoms with van der Waals surface area (Å²) in [5.74, 6) is 0.222. The Bertz CT molecular complexity index is 112. The molecule has 0 aromatic carbocycles. The molecule has 2 saturated heterocycles. The molecule has 3 heteroatoms. The Balaban J connectivity index is 1.92. The van der Waals surface area contributed by atoms with Crippen molar-refractivity contribution in [1.82, 2.24) is 0 Å². The minimum Gasteiger partial charge on any atom is -0.393 e. The van der Waals surface area contributed by atoms with E-state index in [1.54, 1.807) is 6.92 Å². The van der Waals surface area contributed by atoms with Crippen LogP contribution in [0.3, 0.4) is 0 Å². The number of aliphatic hydroxyl groups excluding tert-OH is 1. The minimum atomic E-state index is -0.292. The lowest BCUT2D eigenvalue weighted by Gasteiger charge is -2.13. The van der Waals surface area contributed by atoms with Gasteiger partial charge < -0.3 is 14.6 Å². The van der Waals surface area contributed by atoms with Crippen molar-refractivity contribution in [2.75, 3.05) is 13.2 Å². The van der Waals surface area contributed by atoms with Crippen LogP contribution < -0.4 is 0 Å². The Hall–Kier alpha value is -0.120. The van der Waals surface area contributed by atoms with E-state index < -0.39 is 0 Å². The van der Waals surface area contributed by atoms with E-state index in [1.807, 2.05) is 0 Å². The van der Waals surface area contributed by atoms with E-state index in [0.29, 0.717) is 0 Å². The summed E-state index contributed by atoms with van der Waals surface area (Å²) in [6.45, 7) is 3.40. The average molecular weight is 144 g/mol. The molecule has 3 unspecified atom stereocenters. The molecule has 10 heavy (non-hydrogen) atoms. The number of aliphatic hydroxyl groups is 1. The smallest absolute Gasteiger partial charge is 0.0888 e. The second-order valence-corrected chi connectivity index (χ2v) is 3.06. The third kappa shape index (κ3) is 1.17. The van der Waals surface area contributed by atoms with Gasteiger partial charge in [-0.25, -0.2) is 0 Å². The summed E-state index contributed by atoms with van der Waals surface area (Å²) >= 11 is 0. The summed E-state index contributed by atoms with van der Waals surface area (Å²) in [5.41, 5.74) is 0. The SMILES string of the molecule is CC(O)C(C1CO1)C1CO1. The van der Waals surface area contributed by atoms with Gasteiger partial charge in [0.25, 0.3) is 0 Å². The third-order valence-corrected chi connectivity index (χ3v) is 2.13. The number of epoxide rings is 2. The standard InChI is InChI=1S/C7H12O3/c1-4(8)7(5-2-9-5)6-3-10-6/h4-8H,2-3H2,1H3. The summed E-state index contributed by atoms with van der Waals surface area (Å²) in [6, 6.07) is 0. The summed E-state index contributed by atoms with van der Waals surface area (Å²) in [6.07, 6.45) is 0.250. The first-order valence-corrected chi connectivity index (χ1v) is 3.70. The first-order valence-electron chi connectivity index (χ1n) is 3.70. The van der Waals surface area contributed by atoms with Gasteiger partial charge in [0.1, 0.15) is 0 Å². The predicted molar refractivity (Wildman–Crippen MR) is 34.7 cm³/mol. The van der Waals surface area contributed by atoms with Crippen molar-refractivity contribution in [3.8, 4) is 0 Å². The van der Waals surface area contributed by atoms with E-state index in [-0.39, 0.29) is 24.2 Å². The molecule has 2 heterocycles. The molecule has 1 N–H and O–H groups in total. The molecule has 0 spiro atoms. The van der Waals surface area contributed by atoms with Crippen LogP contribution in [0.25, 0.3) is 0 Å². The molecule has 3 atom stereocenters. The highest BCUT2D eigenvalue weighted by atomic mass is 16.6. The fraction of sp³-hybridized carbons (Fsp3) is 1.00. The molecule has 2 aliphatic heterocycles. The number of ether oxygens (including phenoxy) is 2. The Morgan fingerprint density at radius 2 is 1.70 bits per heavy atom. The lowest BCUT2D eigenvalue weighted by molar-refractivity contribution is 0.0855. The first-order chi connectivity index (χ1) is 4.79. The van der Waals surface area contributed by atoms with Crippen molar-refractivity contribution < 1.29 is 14.6 Å². The van der Waals surface area contributed by atoms with E-state index >= 15 is 0 Å². The van der Waals surface area contributed by atoms with E-state index in [1.165, 1.54) is 0 Å². The average Bonchev–Trinajstić information content (AvgIpc) is 2.49. The van der Waals surface area contributed by atoms with E-state index in [2.05, 4.69) is 0 Å². The van der Waals surface area contributed by atoms with Crippen LogP contribution in [-0.4, -0.2) is 36.6 Å². The summed E-state index contributed by atoms with van der Waals surface area (Å²) in [7, 11) is 0. The van der Waals surface area contributed by atoms with Crippen molar-refractivity contribution >= 4 is 0 Å². The van der Waals surface area contributed by atoms with Crippen LogP contribution in [0.5, 0.6) is 0 Å². The molecule has 2 aliphatic rings. The van der Waals surface area contributed by atoms with Crippen LogP contribution in [-0.2, 0) is 9.47 Å². The monoisotopic (exact) mass is 144 g/mol. The molecule has 2 rings (SSSR count). The molecule has 0 radical (unpaired) electrons. The highest BCUT2D eigenvalue weighted by Crippen LogP contribution is 2.33. The van der Waals surface area contributed by atoms with Crippen molar-refractivity contribution in [2.24, 2.45) is 5.92 Å². The van der Waals surface area contributed by atoms with Gasteiger partial charge in [0.05, 0.1) is 31.5 Å². The molecule has 0 amide bonds. The van der Waals surface area contributed by atoms with Crippen molar-refractivity contribution in [1.29, 1.82) is 0 Å². The Labute approximate surface area is 59.9 Å². The van der Waals surface area contributed by atoms with Gasteiger partial charge in [-0.05, 0) is 6.92 Å². The number of hydrogen-bond acceptors (Lipinski definition) is 3. The van der Waals surface area contributed by atoms with E-state index in [0.717, 1.165) is 13.2 Å². The van der Waals surface area contributed by atoms with Crippen LogP contribution in [0.15, 0.2) is 0 Å². The second kappa shape index (κ2) is 2.19. The second-order valence-electron chi connectivity index (χ2n) is 3.06. The number of hydrogen-bond donors (Lipinski definition) is 1. The van der Waals surface area contributed by atoms with Crippen molar-refractivity contribution in [3.63, 3.8) is 0 Å². The normalized spacial score (nSPS) is 42.6. The number of rotatable bonds is 3. The molecule has 0 aromatic rings. The Morgan fingerprint density at radius 1 is 1.30 bits per heavy atom. The molecular formula is C7H12O3. The maximum absolute atomic E-state index is 9.27. The van der Waals surface area contributed by atoms with Crippen LogP contribution in [0.4, 0.5) is 0 Å². The Kier molecular flexibility index (Phi) is 1.44. The first kappa shape index (κ1) is 6.58. The van der Waals surface area contributed by atoms with Gasteiger partial charge in [0, 0.05) is 5.92 Å². The van der Waals surface area contributed by atoms with Crippen LogP contribution in [0.1, 0.15) is 6.92 Å². The van der Waals surface area contributed by atoms with E-state index in [4.69, 9.17) is 9.47 Å². The molecular weight excluding hydrogens is 132 g/mol. The molecule has 2 fully saturated rings. The van der Waals surface area contributed by atoms with Crippen LogP contribution >= 0.6 is 0 Å². The highest BCUT2D eigenvalue weighted by Gasteiger charge is 2.46. The van der Waals surface area contributed by atoms with Gasteiger partial charge in [-0.3, -0.25) is 0 Å². The maximum Gasteiger partial charge on any atom is 0.0888 e. The van der Waals surface area contributed by atoms with Gasteiger partial charge in [-0.2, -0.15) is 0 Å². The maximum atomic E-state index is 9.27. The van der Waals surface area contributed by atoms with Gasteiger partial charge in [-0.1, -0.05) is 0 Å². The predicted octanol–water partition coefficient (Wildman–Crippen LogP) is -0.219. The largest absolute Gasteiger partial charge is 0.393 e. The van der Waals surface area contributed by atoms with Crippen LogP contribution in [0, 0.1) is 5.92 Å². The molecule has 0 aromatic heterocycles. The highest BCUT2D eigenvalue weighted by molar-refractivity contribution is 4.92. The molecule has 3 nitrogen and oxygen atoms in total. The van der Waals surface area contributed by atoms with Gasteiger partial charge >= 0.3 is 0 Å². The van der Waals surface area contributed by atoms with Crippen LogP contribution in [0.2, 0.25) is 0 Å². The third-order valence-electron chi connectivity index (χ3n) is 2.13. The summed E-state index contributed by atoms with van der Waals surface area (Å²) in [5, 5.41) is 9.27. The fourth-order valence-corrected chi connectivity index (χ4v) is 1.42. The van der Waals surface area contributed by atoms with Gasteiger partial charge in [0.15, 0.2) is 0 Å². The minimum absolute atomic E-state index is 0.222. The zero-order valence-corrected chi connectivity index (χ0v) is 5.99. The zero-order valence-electron chi connectivity index (χ0n) is 5.99. The molecule has 0 saturated carbocycles. The van der Waals surface area contributed by atoms with Crippen molar-refractivity contribution in [3.05, 3.63) is 0 Å².